The van der Waals surface area contributed by atoms with E-state index in [1.807, 2.05) is 35.2 Å². The van der Waals surface area contributed by atoms with Gasteiger partial charge in [-0.05, 0) is 54.7 Å². The predicted molar refractivity (Wildman–Crippen MR) is 129 cm³/mol. The summed E-state index contributed by atoms with van der Waals surface area (Å²) in [6.07, 6.45) is 2.53. The predicted octanol–water partition coefficient (Wildman–Crippen LogP) is 4.94. The lowest BCUT2D eigenvalue weighted by molar-refractivity contribution is 0.0791. The van der Waals surface area contributed by atoms with Crippen LogP contribution in [0, 0.1) is 6.92 Å². The van der Waals surface area contributed by atoms with E-state index in [2.05, 4.69) is 30.7 Å². The largest absolute Gasteiger partial charge is 0.365 e. The Bertz CT molecular complexity index is 1370. The van der Waals surface area contributed by atoms with Gasteiger partial charge < -0.3 is 15.6 Å². The molecule has 7 heteroatoms. The van der Waals surface area contributed by atoms with Crippen LogP contribution in [0.3, 0.4) is 0 Å². The molecule has 5 rings (SSSR count). The highest BCUT2D eigenvalue weighted by molar-refractivity contribution is 7.20. The first-order valence-electron chi connectivity index (χ1n) is 10.9. The van der Waals surface area contributed by atoms with Crippen molar-refractivity contribution >= 4 is 44.3 Å². The van der Waals surface area contributed by atoms with Crippen molar-refractivity contribution in [3.8, 4) is 0 Å². The van der Waals surface area contributed by atoms with Gasteiger partial charge in [-0.1, -0.05) is 19.9 Å². The molecule has 1 fully saturated rings. The monoisotopic (exact) mass is 446 g/mol. The molecule has 164 valence electrons. The average Bonchev–Trinajstić information content (AvgIpc) is 3.46. The number of carbonyl (C=O) groups is 2. The fourth-order valence-corrected chi connectivity index (χ4v) is 6.21. The summed E-state index contributed by atoms with van der Waals surface area (Å²) in [5, 5.41) is 2.08. The minimum absolute atomic E-state index is 0.0289. The molecular formula is C25H26N4O2S. The third kappa shape index (κ3) is 3.28. The van der Waals surface area contributed by atoms with E-state index in [0.717, 1.165) is 38.8 Å². The Kier molecular flexibility index (Phi) is 5.01. The first kappa shape index (κ1) is 20.7. The van der Waals surface area contributed by atoms with Gasteiger partial charge in [-0.3, -0.25) is 9.59 Å². The number of carbonyl (C=O) groups excluding carboxylic acids is 2. The highest BCUT2D eigenvalue weighted by atomic mass is 32.1. The number of primary amides is 1. The molecule has 1 atom stereocenters. The van der Waals surface area contributed by atoms with Crippen LogP contribution in [0.25, 0.3) is 21.1 Å². The van der Waals surface area contributed by atoms with E-state index < -0.39 is 5.91 Å². The summed E-state index contributed by atoms with van der Waals surface area (Å²) in [6.45, 7) is 7.65. The van der Waals surface area contributed by atoms with Crippen LogP contribution in [0.2, 0.25) is 0 Å². The normalized spacial score (nSPS) is 16.5. The van der Waals surface area contributed by atoms with Crippen molar-refractivity contribution in [3.63, 3.8) is 0 Å². The summed E-state index contributed by atoms with van der Waals surface area (Å²) >= 11 is 1.34. The van der Waals surface area contributed by atoms with Crippen LogP contribution in [-0.2, 0) is 0 Å². The van der Waals surface area contributed by atoms with E-state index >= 15 is 0 Å². The van der Waals surface area contributed by atoms with E-state index in [-0.39, 0.29) is 11.8 Å². The molecule has 3 N–H and O–H groups in total. The molecule has 3 aromatic heterocycles. The van der Waals surface area contributed by atoms with E-state index in [9.17, 15) is 9.59 Å². The Labute approximate surface area is 190 Å². The second-order valence-electron chi connectivity index (χ2n) is 8.88. The topological polar surface area (TPSA) is 92.1 Å². The minimum Gasteiger partial charge on any atom is -0.365 e. The van der Waals surface area contributed by atoms with Crippen molar-refractivity contribution < 1.29 is 9.59 Å². The summed E-state index contributed by atoms with van der Waals surface area (Å²) in [5.41, 5.74) is 10.8. The lowest BCUT2D eigenvalue weighted by atomic mass is 9.95. The summed E-state index contributed by atoms with van der Waals surface area (Å²) in [7, 11) is 0. The summed E-state index contributed by atoms with van der Waals surface area (Å²) in [4.78, 5) is 36.6. The molecule has 4 heterocycles. The van der Waals surface area contributed by atoms with E-state index in [1.165, 1.54) is 16.9 Å². The number of aryl methyl sites for hydroxylation is 1. The van der Waals surface area contributed by atoms with Crippen LogP contribution in [-0.4, -0.2) is 39.8 Å². The molecule has 1 aliphatic heterocycles. The zero-order valence-corrected chi connectivity index (χ0v) is 19.3. The number of rotatable bonds is 4. The Morgan fingerprint density at radius 1 is 1.25 bits per heavy atom. The maximum absolute atomic E-state index is 13.4. The van der Waals surface area contributed by atoms with Gasteiger partial charge in [-0.25, -0.2) is 4.98 Å². The number of fused-ring (bicyclic) bond motifs is 2. The van der Waals surface area contributed by atoms with E-state index in [4.69, 9.17) is 5.73 Å². The van der Waals surface area contributed by atoms with Crippen LogP contribution in [0.1, 0.15) is 69.0 Å². The number of benzene rings is 1. The van der Waals surface area contributed by atoms with Gasteiger partial charge in [0.25, 0.3) is 11.8 Å². The van der Waals surface area contributed by atoms with Gasteiger partial charge in [-0.15, -0.1) is 11.3 Å². The van der Waals surface area contributed by atoms with Crippen LogP contribution < -0.4 is 5.73 Å². The molecule has 2 amide bonds. The number of amides is 2. The van der Waals surface area contributed by atoms with Gasteiger partial charge in [0.15, 0.2) is 0 Å². The first-order valence-corrected chi connectivity index (χ1v) is 11.8. The van der Waals surface area contributed by atoms with E-state index in [0.29, 0.717) is 29.4 Å². The number of aromatic nitrogens is 2. The molecular weight excluding hydrogens is 420 g/mol. The first-order chi connectivity index (χ1) is 15.3. The quantitative estimate of drug-likeness (QED) is 0.465. The Hall–Kier alpha value is -3.19. The van der Waals surface area contributed by atoms with E-state index in [1.54, 1.807) is 6.20 Å². The second-order valence-corrected chi connectivity index (χ2v) is 9.88. The third-order valence-electron chi connectivity index (χ3n) is 6.47. The lowest BCUT2D eigenvalue weighted by Gasteiger charge is -2.17. The molecule has 6 nitrogen and oxygen atoms in total. The Morgan fingerprint density at radius 2 is 2.06 bits per heavy atom. The summed E-state index contributed by atoms with van der Waals surface area (Å²) in [6, 6.07) is 9.78. The smallest absolute Gasteiger partial charge is 0.259 e. The lowest BCUT2D eigenvalue weighted by Crippen LogP contribution is -2.28. The number of nitrogens with one attached hydrogen (secondary N) is 1. The minimum atomic E-state index is -0.428. The number of H-pyrrole nitrogens is 1. The van der Waals surface area contributed by atoms with Gasteiger partial charge in [0.1, 0.15) is 4.83 Å². The number of hydrogen-bond donors (Lipinski definition) is 2. The molecule has 1 saturated heterocycles. The summed E-state index contributed by atoms with van der Waals surface area (Å²) in [5.74, 6) is 0.0466. The second kappa shape index (κ2) is 7.74. The molecule has 1 aromatic carbocycles. The van der Waals surface area contributed by atoms with Gasteiger partial charge in [0.2, 0.25) is 0 Å². The Balaban J connectivity index is 1.46. The van der Waals surface area contributed by atoms with Crippen molar-refractivity contribution in [1.29, 1.82) is 0 Å². The summed E-state index contributed by atoms with van der Waals surface area (Å²) < 4.78 is 0. The molecule has 4 aromatic rings. The fraction of sp³-hybridized carbons (Fsp3) is 0.320. The number of pyridine rings is 1. The number of likely N-dealkylation sites (tertiary alicyclic amines) is 1. The maximum Gasteiger partial charge on any atom is 0.259 e. The van der Waals surface area contributed by atoms with Crippen molar-refractivity contribution in [1.82, 2.24) is 14.9 Å². The van der Waals surface area contributed by atoms with Gasteiger partial charge in [0, 0.05) is 52.8 Å². The molecule has 0 aliphatic carbocycles. The molecule has 32 heavy (non-hydrogen) atoms. The number of nitrogens with zero attached hydrogens (tertiary/aromatic N) is 2. The molecule has 0 radical (unpaired) electrons. The van der Waals surface area contributed by atoms with Crippen molar-refractivity contribution in [2.75, 3.05) is 13.1 Å². The highest BCUT2D eigenvalue weighted by Gasteiger charge is 2.33. The van der Waals surface area contributed by atoms with Gasteiger partial charge >= 0.3 is 0 Å². The average molecular weight is 447 g/mol. The van der Waals surface area contributed by atoms with Crippen molar-refractivity contribution in [2.24, 2.45) is 5.73 Å². The van der Waals surface area contributed by atoms with Crippen molar-refractivity contribution in [2.45, 2.75) is 39.0 Å². The van der Waals surface area contributed by atoms with Crippen LogP contribution in [0.15, 0.2) is 36.5 Å². The molecule has 0 saturated carbocycles. The highest BCUT2D eigenvalue weighted by Crippen LogP contribution is 2.39. The van der Waals surface area contributed by atoms with Crippen molar-refractivity contribution in [3.05, 3.63) is 63.8 Å². The zero-order valence-electron chi connectivity index (χ0n) is 18.4. The number of hydrogen-bond acceptors (Lipinski definition) is 4. The maximum atomic E-state index is 13.4. The van der Waals surface area contributed by atoms with Crippen LogP contribution in [0.4, 0.5) is 0 Å². The molecule has 0 bridgehead atoms. The fourth-order valence-electron chi connectivity index (χ4n) is 5.13. The van der Waals surface area contributed by atoms with Gasteiger partial charge in [-0.2, -0.15) is 0 Å². The van der Waals surface area contributed by atoms with Crippen LogP contribution in [0.5, 0.6) is 0 Å². The number of thiophene rings is 1. The SMILES string of the molecule is Cc1[nH]c2ccc(C(=O)N3CC[C@H](c4c(C(N)=O)sc5ncccc45)C3)cc2c1C(C)C. The molecule has 0 unspecified atom stereocenters. The zero-order chi connectivity index (χ0) is 22.6. The standard InChI is InChI=1S/C25H26N4O2S/c1-13(2)20-14(3)28-19-7-6-15(11-18(19)20)25(31)29-10-8-16(12-29)21-17-5-4-9-27-24(17)32-22(21)23(26)30/h4-7,9,11,13,16,28H,8,10,12H2,1-3H3,(H2,26,30)/t16-/m0/s1. The van der Waals surface area contributed by atoms with Gasteiger partial charge in [0.05, 0.1) is 4.88 Å². The third-order valence-corrected chi connectivity index (χ3v) is 7.62. The number of nitrogens with two attached hydrogens (primary N) is 1. The number of aromatic amines is 1. The molecule has 1 aliphatic rings. The van der Waals surface area contributed by atoms with Crippen LogP contribution >= 0.6 is 11.3 Å². The molecule has 0 spiro atoms. The Morgan fingerprint density at radius 3 is 2.81 bits per heavy atom.